The van der Waals surface area contributed by atoms with E-state index in [1.165, 1.54) is 7.11 Å². The highest BCUT2D eigenvalue weighted by Crippen LogP contribution is 2.14. The van der Waals surface area contributed by atoms with Gasteiger partial charge in [0.1, 0.15) is 6.04 Å². The number of aromatic nitrogens is 2. The van der Waals surface area contributed by atoms with Crippen molar-refractivity contribution in [1.82, 2.24) is 9.78 Å². The van der Waals surface area contributed by atoms with E-state index >= 15 is 0 Å². The molecule has 0 saturated heterocycles. The van der Waals surface area contributed by atoms with Gasteiger partial charge in [-0.25, -0.2) is 4.68 Å². The molecule has 1 heterocycles. The lowest BCUT2D eigenvalue weighted by Gasteiger charge is -2.07. The predicted octanol–water partition coefficient (Wildman–Crippen LogP) is 1.61. The van der Waals surface area contributed by atoms with Crippen LogP contribution in [0.5, 0.6) is 0 Å². The minimum Gasteiger partial charge on any atom is -0.468 e. The molecular weight excluding hydrogens is 274 g/mol. The zero-order valence-corrected chi connectivity index (χ0v) is 12.0. The summed E-state index contributed by atoms with van der Waals surface area (Å²) in [6, 6.07) is 9.34. The standard InChI is InChI=1S/C14H17N3O2S/c1-19-14(18)13(15)10-20-9-11-7-16-17(8-11)12-5-3-2-4-6-12/h2-8,13H,9-10,15H2,1H3. The van der Waals surface area contributed by atoms with Crippen LogP contribution < -0.4 is 5.73 Å². The molecule has 1 unspecified atom stereocenters. The largest absolute Gasteiger partial charge is 0.468 e. The molecule has 106 valence electrons. The van der Waals surface area contributed by atoms with Crippen molar-refractivity contribution in [2.75, 3.05) is 12.9 Å². The summed E-state index contributed by atoms with van der Waals surface area (Å²) in [7, 11) is 1.34. The van der Waals surface area contributed by atoms with Gasteiger partial charge in [0.25, 0.3) is 0 Å². The molecule has 1 aromatic carbocycles. The van der Waals surface area contributed by atoms with Gasteiger partial charge in [-0.1, -0.05) is 18.2 Å². The normalized spacial score (nSPS) is 12.1. The molecule has 2 rings (SSSR count). The van der Waals surface area contributed by atoms with Crippen LogP contribution in [0.25, 0.3) is 5.69 Å². The van der Waals surface area contributed by atoms with Gasteiger partial charge in [-0.2, -0.15) is 16.9 Å². The highest BCUT2D eigenvalue weighted by atomic mass is 32.2. The number of ether oxygens (including phenoxy) is 1. The van der Waals surface area contributed by atoms with Crippen molar-refractivity contribution >= 4 is 17.7 Å². The lowest BCUT2D eigenvalue weighted by Crippen LogP contribution is -2.33. The summed E-state index contributed by atoms with van der Waals surface area (Å²) in [5, 5.41) is 4.32. The first-order chi connectivity index (χ1) is 9.70. The molecule has 2 aromatic rings. The van der Waals surface area contributed by atoms with Crippen LogP contribution in [0, 0.1) is 0 Å². The molecule has 0 aliphatic rings. The Morgan fingerprint density at radius 1 is 1.45 bits per heavy atom. The van der Waals surface area contributed by atoms with Gasteiger partial charge < -0.3 is 10.5 Å². The van der Waals surface area contributed by atoms with Gasteiger partial charge in [-0.15, -0.1) is 0 Å². The number of carbonyl (C=O) groups is 1. The molecule has 20 heavy (non-hydrogen) atoms. The topological polar surface area (TPSA) is 70.1 Å². The molecular formula is C14H17N3O2S. The van der Waals surface area contributed by atoms with Crippen molar-refractivity contribution in [3.63, 3.8) is 0 Å². The Morgan fingerprint density at radius 3 is 2.90 bits per heavy atom. The van der Waals surface area contributed by atoms with Gasteiger partial charge in [0, 0.05) is 23.3 Å². The molecule has 0 amide bonds. The third-order valence-corrected chi connectivity index (χ3v) is 3.86. The fraction of sp³-hybridized carbons (Fsp3) is 0.286. The Morgan fingerprint density at radius 2 is 2.20 bits per heavy atom. The molecule has 0 saturated carbocycles. The van der Waals surface area contributed by atoms with Gasteiger partial charge in [-0.05, 0) is 12.1 Å². The summed E-state index contributed by atoms with van der Waals surface area (Å²) < 4.78 is 6.41. The third kappa shape index (κ3) is 3.85. The molecule has 0 radical (unpaired) electrons. The number of para-hydroxylation sites is 1. The zero-order chi connectivity index (χ0) is 14.4. The quantitative estimate of drug-likeness (QED) is 0.819. The molecule has 5 nitrogen and oxygen atoms in total. The first-order valence-corrected chi connectivity index (χ1v) is 7.36. The fourth-order valence-electron chi connectivity index (χ4n) is 1.68. The van der Waals surface area contributed by atoms with E-state index < -0.39 is 6.04 Å². The van der Waals surface area contributed by atoms with Gasteiger partial charge in [-0.3, -0.25) is 4.79 Å². The molecule has 0 fully saturated rings. The van der Waals surface area contributed by atoms with E-state index in [1.54, 1.807) is 11.8 Å². The first-order valence-electron chi connectivity index (χ1n) is 6.21. The minimum atomic E-state index is -0.575. The number of nitrogens with two attached hydrogens (primary N) is 1. The number of nitrogens with zero attached hydrogens (tertiary/aromatic N) is 2. The number of benzene rings is 1. The van der Waals surface area contributed by atoms with E-state index in [2.05, 4.69) is 9.84 Å². The number of hydrogen-bond donors (Lipinski definition) is 1. The second-order valence-electron chi connectivity index (χ2n) is 4.27. The summed E-state index contributed by atoms with van der Waals surface area (Å²) in [5.74, 6) is 0.915. The third-order valence-electron chi connectivity index (χ3n) is 2.73. The Kier molecular flexibility index (Phi) is 5.20. The molecule has 0 bridgehead atoms. The van der Waals surface area contributed by atoms with Crippen molar-refractivity contribution < 1.29 is 9.53 Å². The van der Waals surface area contributed by atoms with Crippen LogP contribution in [0.2, 0.25) is 0 Å². The zero-order valence-electron chi connectivity index (χ0n) is 11.2. The van der Waals surface area contributed by atoms with Crippen LogP contribution in [-0.2, 0) is 15.3 Å². The second kappa shape index (κ2) is 7.12. The van der Waals surface area contributed by atoms with Gasteiger partial charge in [0.2, 0.25) is 0 Å². The maximum absolute atomic E-state index is 11.2. The van der Waals surface area contributed by atoms with Crippen molar-refractivity contribution in [1.29, 1.82) is 0 Å². The molecule has 0 aliphatic carbocycles. The molecule has 0 aliphatic heterocycles. The average molecular weight is 291 g/mol. The summed E-state index contributed by atoms with van der Waals surface area (Å²) in [6.07, 6.45) is 3.80. The summed E-state index contributed by atoms with van der Waals surface area (Å²) >= 11 is 1.59. The van der Waals surface area contributed by atoms with Crippen LogP contribution in [0.4, 0.5) is 0 Å². The van der Waals surface area contributed by atoms with Crippen LogP contribution in [0.15, 0.2) is 42.7 Å². The molecule has 6 heteroatoms. The van der Waals surface area contributed by atoms with Gasteiger partial charge >= 0.3 is 5.97 Å². The Bertz CT molecular complexity index is 557. The predicted molar refractivity (Wildman–Crippen MR) is 79.7 cm³/mol. The number of hydrogen-bond acceptors (Lipinski definition) is 5. The summed E-state index contributed by atoms with van der Waals surface area (Å²) in [6.45, 7) is 0. The van der Waals surface area contributed by atoms with Crippen LogP contribution in [-0.4, -0.2) is 34.7 Å². The van der Waals surface area contributed by atoms with E-state index in [4.69, 9.17) is 5.73 Å². The van der Waals surface area contributed by atoms with Crippen molar-refractivity contribution in [2.45, 2.75) is 11.8 Å². The van der Waals surface area contributed by atoms with Crippen LogP contribution in [0.1, 0.15) is 5.56 Å². The Hall–Kier alpha value is -1.79. The first kappa shape index (κ1) is 14.6. The lowest BCUT2D eigenvalue weighted by atomic mass is 10.3. The molecule has 2 N–H and O–H groups in total. The lowest BCUT2D eigenvalue weighted by molar-refractivity contribution is -0.141. The van der Waals surface area contributed by atoms with Crippen molar-refractivity contribution in [3.8, 4) is 5.69 Å². The minimum absolute atomic E-state index is 0.377. The number of rotatable bonds is 6. The van der Waals surface area contributed by atoms with Crippen molar-refractivity contribution in [3.05, 3.63) is 48.3 Å². The van der Waals surface area contributed by atoms with Gasteiger partial charge in [0.05, 0.1) is 19.0 Å². The Balaban J connectivity index is 1.86. The van der Waals surface area contributed by atoms with Gasteiger partial charge in [0.15, 0.2) is 0 Å². The highest BCUT2D eigenvalue weighted by molar-refractivity contribution is 7.98. The summed E-state index contributed by atoms with van der Waals surface area (Å²) in [4.78, 5) is 11.2. The fourth-order valence-corrected chi connectivity index (χ4v) is 2.57. The highest BCUT2D eigenvalue weighted by Gasteiger charge is 2.13. The van der Waals surface area contributed by atoms with E-state index in [9.17, 15) is 4.79 Å². The van der Waals surface area contributed by atoms with E-state index in [0.717, 1.165) is 17.0 Å². The maximum Gasteiger partial charge on any atom is 0.323 e. The van der Waals surface area contributed by atoms with E-state index in [1.807, 2.05) is 47.4 Å². The Labute approximate surface area is 122 Å². The van der Waals surface area contributed by atoms with Crippen LogP contribution >= 0.6 is 11.8 Å². The number of carbonyl (C=O) groups excluding carboxylic acids is 1. The SMILES string of the molecule is COC(=O)C(N)CSCc1cnn(-c2ccccc2)c1. The second-order valence-corrected chi connectivity index (χ2v) is 5.30. The smallest absolute Gasteiger partial charge is 0.323 e. The average Bonchev–Trinajstić information content (AvgIpc) is 2.96. The molecule has 0 spiro atoms. The monoisotopic (exact) mass is 291 g/mol. The van der Waals surface area contributed by atoms with Crippen molar-refractivity contribution in [2.24, 2.45) is 5.73 Å². The van der Waals surface area contributed by atoms with Crippen LogP contribution in [0.3, 0.4) is 0 Å². The maximum atomic E-state index is 11.2. The van der Waals surface area contributed by atoms with E-state index in [0.29, 0.717) is 5.75 Å². The number of esters is 1. The van der Waals surface area contributed by atoms with E-state index in [-0.39, 0.29) is 5.97 Å². The molecule has 1 aromatic heterocycles. The number of thioether (sulfide) groups is 1. The number of methoxy groups -OCH3 is 1. The summed E-state index contributed by atoms with van der Waals surface area (Å²) in [5.41, 5.74) is 7.79. The molecule has 1 atom stereocenters.